The summed E-state index contributed by atoms with van der Waals surface area (Å²) in [5.41, 5.74) is -0.232. The zero-order chi connectivity index (χ0) is 15.8. The van der Waals surface area contributed by atoms with Gasteiger partial charge >= 0.3 is 0 Å². The topological polar surface area (TPSA) is 62.6 Å². The molecule has 0 spiro atoms. The van der Waals surface area contributed by atoms with Crippen LogP contribution in [0.3, 0.4) is 0 Å². The molecule has 1 saturated heterocycles. The Bertz CT molecular complexity index is 611. The van der Waals surface area contributed by atoms with Crippen LogP contribution in [0.1, 0.15) is 43.6 Å². The van der Waals surface area contributed by atoms with Gasteiger partial charge in [-0.1, -0.05) is 12.8 Å². The third kappa shape index (κ3) is 4.33. The van der Waals surface area contributed by atoms with Crippen molar-refractivity contribution in [3.63, 3.8) is 0 Å². The third-order valence-corrected chi connectivity index (χ3v) is 5.57. The van der Waals surface area contributed by atoms with Gasteiger partial charge in [0, 0.05) is 18.6 Å². The van der Waals surface area contributed by atoms with Crippen molar-refractivity contribution in [2.24, 2.45) is 5.92 Å². The number of aryl methyl sites for hydroxylation is 1. The quantitative estimate of drug-likeness (QED) is 0.871. The van der Waals surface area contributed by atoms with Crippen molar-refractivity contribution in [2.75, 3.05) is 19.3 Å². The predicted octanol–water partition coefficient (Wildman–Crippen LogP) is 2.27. The molecule has 0 amide bonds. The first kappa shape index (κ1) is 16.0. The maximum absolute atomic E-state index is 11.7. The fraction of sp³-hybridized carbons (Fsp3) is 0.750. The molecule has 5 nitrogen and oxygen atoms in total. The second-order valence-electron chi connectivity index (χ2n) is 7.09. The monoisotopic (exact) mass is 326 g/mol. The first-order chi connectivity index (χ1) is 10.3. The number of hydrogen-bond donors (Lipinski definition) is 1. The Morgan fingerprint density at radius 1 is 1.32 bits per heavy atom. The van der Waals surface area contributed by atoms with Gasteiger partial charge in [0.05, 0.1) is 12.8 Å². The molecular formula is C16H26N2O3S. The lowest BCUT2D eigenvalue weighted by molar-refractivity contribution is 0.127. The van der Waals surface area contributed by atoms with E-state index in [1.807, 2.05) is 19.1 Å². The van der Waals surface area contributed by atoms with E-state index >= 15 is 0 Å². The average Bonchev–Trinajstić information content (AvgIpc) is 3.11. The van der Waals surface area contributed by atoms with Gasteiger partial charge in [0.25, 0.3) is 0 Å². The van der Waals surface area contributed by atoms with Crippen LogP contribution in [0, 0.1) is 12.8 Å². The molecule has 124 valence electrons. The second-order valence-corrected chi connectivity index (χ2v) is 8.84. The van der Waals surface area contributed by atoms with Crippen molar-refractivity contribution in [3.05, 3.63) is 23.7 Å². The zero-order valence-corrected chi connectivity index (χ0v) is 14.3. The minimum Gasteiger partial charge on any atom is -0.465 e. The molecule has 0 atom stereocenters. The number of likely N-dealkylation sites (tertiary alicyclic amines) is 1. The van der Waals surface area contributed by atoms with Gasteiger partial charge in [-0.15, -0.1) is 0 Å². The number of nitrogens with one attached hydrogen (secondary N) is 1. The number of nitrogens with zero attached hydrogens (tertiary/aromatic N) is 1. The van der Waals surface area contributed by atoms with Crippen LogP contribution in [0.4, 0.5) is 0 Å². The molecule has 0 bridgehead atoms. The van der Waals surface area contributed by atoms with Gasteiger partial charge in [0.1, 0.15) is 11.5 Å². The standard InChI is InChI=1S/C16H26N2O3S/c1-13-3-6-15(21-13)12-18-9-7-16(8-10-18,11-14-4-5-14)17-22(2,19)20/h3,6,14,17H,4-5,7-12H2,1-2H3. The van der Waals surface area contributed by atoms with E-state index in [-0.39, 0.29) is 5.54 Å². The highest BCUT2D eigenvalue weighted by Gasteiger charge is 2.41. The van der Waals surface area contributed by atoms with Gasteiger partial charge < -0.3 is 4.42 Å². The minimum atomic E-state index is -3.16. The molecule has 1 aliphatic carbocycles. The van der Waals surface area contributed by atoms with Crippen LogP contribution in [0.15, 0.2) is 16.5 Å². The summed E-state index contributed by atoms with van der Waals surface area (Å²) in [7, 11) is -3.16. The highest BCUT2D eigenvalue weighted by molar-refractivity contribution is 7.88. The summed E-state index contributed by atoms with van der Waals surface area (Å²) in [6, 6.07) is 4.01. The van der Waals surface area contributed by atoms with E-state index in [2.05, 4.69) is 9.62 Å². The summed E-state index contributed by atoms with van der Waals surface area (Å²) in [5.74, 6) is 2.64. The van der Waals surface area contributed by atoms with Gasteiger partial charge in [0.2, 0.25) is 10.0 Å². The van der Waals surface area contributed by atoms with Crippen molar-refractivity contribution in [2.45, 2.75) is 51.1 Å². The first-order valence-electron chi connectivity index (χ1n) is 8.10. The summed E-state index contributed by atoms with van der Waals surface area (Å²) < 4.78 is 32.1. The molecule has 2 heterocycles. The van der Waals surface area contributed by atoms with Crippen LogP contribution in [-0.4, -0.2) is 38.2 Å². The van der Waals surface area contributed by atoms with Crippen LogP contribution in [0.5, 0.6) is 0 Å². The number of piperidine rings is 1. The molecule has 1 N–H and O–H groups in total. The first-order valence-corrected chi connectivity index (χ1v) is 9.99. The summed E-state index contributed by atoms with van der Waals surface area (Å²) >= 11 is 0. The largest absolute Gasteiger partial charge is 0.465 e. The smallest absolute Gasteiger partial charge is 0.209 e. The fourth-order valence-corrected chi connectivity index (χ4v) is 4.62. The molecule has 1 aliphatic heterocycles. The van der Waals surface area contributed by atoms with Crippen LogP contribution in [0.25, 0.3) is 0 Å². The van der Waals surface area contributed by atoms with Crippen molar-refractivity contribution in [1.29, 1.82) is 0 Å². The number of sulfonamides is 1. The lowest BCUT2D eigenvalue weighted by atomic mass is 9.83. The molecule has 2 fully saturated rings. The Kier molecular flexibility index (Phi) is 4.36. The molecule has 1 aromatic rings. The van der Waals surface area contributed by atoms with E-state index in [1.54, 1.807) is 0 Å². The Labute approximate surface area is 133 Å². The molecule has 0 radical (unpaired) electrons. The molecule has 1 saturated carbocycles. The maximum Gasteiger partial charge on any atom is 0.209 e. The second kappa shape index (κ2) is 5.98. The van der Waals surface area contributed by atoms with E-state index in [0.717, 1.165) is 50.4 Å². The van der Waals surface area contributed by atoms with E-state index in [1.165, 1.54) is 19.1 Å². The van der Waals surface area contributed by atoms with E-state index in [0.29, 0.717) is 5.92 Å². The molecule has 6 heteroatoms. The SMILES string of the molecule is Cc1ccc(CN2CCC(CC3CC3)(NS(C)(=O)=O)CC2)o1. The molecule has 3 rings (SSSR count). The third-order valence-electron chi connectivity index (χ3n) is 4.77. The molecular weight excluding hydrogens is 300 g/mol. The normalized spacial score (nSPS) is 22.8. The number of hydrogen-bond acceptors (Lipinski definition) is 4. The summed E-state index contributed by atoms with van der Waals surface area (Å²) in [6.07, 6.45) is 6.55. The van der Waals surface area contributed by atoms with Crippen LogP contribution >= 0.6 is 0 Å². The Morgan fingerprint density at radius 2 is 2.00 bits per heavy atom. The average molecular weight is 326 g/mol. The number of furan rings is 1. The Hall–Kier alpha value is -0.850. The molecule has 2 aliphatic rings. The lowest BCUT2D eigenvalue weighted by Gasteiger charge is -2.42. The number of rotatable bonds is 6. The fourth-order valence-electron chi connectivity index (χ4n) is 3.55. The van der Waals surface area contributed by atoms with Gasteiger partial charge in [0.15, 0.2) is 0 Å². The molecule has 0 aromatic carbocycles. The van der Waals surface area contributed by atoms with Gasteiger partial charge in [-0.3, -0.25) is 4.90 Å². The summed E-state index contributed by atoms with van der Waals surface area (Å²) in [5, 5.41) is 0. The predicted molar refractivity (Wildman–Crippen MR) is 86.0 cm³/mol. The maximum atomic E-state index is 11.7. The van der Waals surface area contributed by atoms with Crippen molar-refractivity contribution >= 4 is 10.0 Å². The lowest BCUT2D eigenvalue weighted by Crippen LogP contribution is -2.55. The Morgan fingerprint density at radius 3 is 2.50 bits per heavy atom. The van der Waals surface area contributed by atoms with Crippen LogP contribution in [0.2, 0.25) is 0 Å². The minimum absolute atomic E-state index is 0.232. The van der Waals surface area contributed by atoms with E-state index in [4.69, 9.17) is 4.42 Å². The van der Waals surface area contributed by atoms with E-state index < -0.39 is 10.0 Å². The highest BCUT2D eigenvalue weighted by atomic mass is 32.2. The zero-order valence-electron chi connectivity index (χ0n) is 13.5. The summed E-state index contributed by atoms with van der Waals surface area (Å²) in [4.78, 5) is 2.35. The van der Waals surface area contributed by atoms with Gasteiger partial charge in [-0.2, -0.15) is 0 Å². The van der Waals surface area contributed by atoms with Crippen molar-refractivity contribution in [3.8, 4) is 0 Å². The molecule has 0 unspecified atom stereocenters. The van der Waals surface area contributed by atoms with Crippen molar-refractivity contribution in [1.82, 2.24) is 9.62 Å². The summed E-state index contributed by atoms with van der Waals surface area (Å²) in [6.45, 7) is 4.59. The van der Waals surface area contributed by atoms with Crippen molar-refractivity contribution < 1.29 is 12.8 Å². The van der Waals surface area contributed by atoms with Gasteiger partial charge in [-0.25, -0.2) is 13.1 Å². The van der Waals surface area contributed by atoms with Gasteiger partial charge in [-0.05, 0) is 44.2 Å². The molecule has 22 heavy (non-hydrogen) atoms. The highest BCUT2D eigenvalue weighted by Crippen LogP contribution is 2.41. The molecule has 1 aromatic heterocycles. The van der Waals surface area contributed by atoms with Crippen LogP contribution in [-0.2, 0) is 16.6 Å². The van der Waals surface area contributed by atoms with Crippen LogP contribution < -0.4 is 4.72 Å². The van der Waals surface area contributed by atoms with E-state index in [9.17, 15) is 8.42 Å². The Balaban J connectivity index is 1.61.